The molecule has 2 rings (SSSR count). The van der Waals surface area contributed by atoms with Crippen LogP contribution in [0.1, 0.15) is 5.56 Å². The van der Waals surface area contributed by atoms with E-state index in [0.29, 0.717) is 11.3 Å². The molecule has 0 saturated carbocycles. The molecule has 4 heteroatoms. The van der Waals surface area contributed by atoms with Gasteiger partial charge in [-0.05, 0) is 25.1 Å². The predicted octanol–water partition coefficient (Wildman–Crippen LogP) is 3.32. The number of halogens is 1. The molecule has 0 radical (unpaired) electrons. The van der Waals surface area contributed by atoms with Gasteiger partial charge in [0.2, 0.25) is 0 Å². The lowest BCUT2D eigenvalue weighted by Crippen LogP contribution is -2.40. The summed E-state index contributed by atoms with van der Waals surface area (Å²) in [6.07, 6.45) is 1.02. The average Bonchev–Trinajstić information content (AvgIpc) is 2.39. The van der Waals surface area contributed by atoms with E-state index < -0.39 is 0 Å². The molecule has 1 heterocycles. The molecule has 17 heavy (non-hydrogen) atoms. The molecule has 0 bridgehead atoms. The van der Waals surface area contributed by atoms with Gasteiger partial charge in [-0.2, -0.15) is 23.5 Å². The first-order valence-electron chi connectivity index (χ1n) is 5.91. The highest BCUT2D eigenvalue weighted by Gasteiger charge is 2.23. The minimum atomic E-state index is 0.521. The molecule has 2 atom stereocenters. The van der Waals surface area contributed by atoms with E-state index in [1.165, 1.54) is 22.8 Å². The molecule has 0 aromatic heterocycles. The van der Waals surface area contributed by atoms with Gasteiger partial charge in [-0.15, -0.1) is 0 Å². The summed E-state index contributed by atoms with van der Waals surface area (Å²) in [5, 5.41) is 5.05. The first-order chi connectivity index (χ1) is 8.31. The van der Waals surface area contributed by atoms with Crippen molar-refractivity contribution >= 4 is 35.1 Å². The van der Waals surface area contributed by atoms with E-state index in [-0.39, 0.29) is 0 Å². The summed E-state index contributed by atoms with van der Waals surface area (Å²) in [5.41, 5.74) is 1.25. The minimum Gasteiger partial charge on any atom is -0.316 e. The minimum absolute atomic E-state index is 0.521. The van der Waals surface area contributed by atoms with Crippen molar-refractivity contribution in [2.24, 2.45) is 0 Å². The Morgan fingerprint density at radius 2 is 2.24 bits per heavy atom. The summed E-state index contributed by atoms with van der Waals surface area (Å²) in [7, 11) is 2.06. The molecule has 94 valence electrons. The lowest BCUT2D eigenvalue weighted by atomic mass is 10.0. The molecular formula is C13H18ClNS2. The van der Waals surface area contributed by atoms with Crippen molar-refractivity contribution < 1.29 is 0 Å². The number of likely N-dealkylation sites (N-methyl/N-ethyl adjacent to an activating group) is 1. The van der Waals surface area contributed by atoms with Crippen LogP contribution in [0.2, 0.25) is 5.02 Å². The predicted molar refractivity (Wildman–Crippen MR) is 81.6 cm³/mol. The van der Waals surface area contributed by atoms with E-state index in [4.69, 9.17) is 11.6 Å². The zero-order valence-electron chi connectivity index (χ0n) is 9.99. The quantitative estimate of drug-likeness (QED) is 0.912. The van der Waals surface area contributed by atoms with Crippen molar-refractivity contribution in [1.82, 2.24) is 5.32 Å². The smallest absolute Gasteiger partial charge is 0.0438 e. The average molecular weight is 288 g/mol. The van der Waals surface area contributed by atoms with Gasteiger partial charge < -0.3 is 5.32 Å². The van der Waals surface area contributed by atoms with Crippen LogP contribution in [0.4, 0.5) is 0 Å². The van der Waals surface area contributed by atoms with Crippen molar-refractivity contribution in [2.45, 2.75) is 17.7 Å². The summed E-state index contributed by atoms with van der Waals surface area (Å²) in [6.45, 7) is 0. The second-order valence-corrected chi connectivity index (χ2v) is 7.08. The highest BCUT2D eigenvalue weighted by molar-refractivity contribution is 8.06. The maximum Gasteiger partial charge on any atom is 0.0438 e. The molecule has 0 amide bonds. The van der Waals surface area contributed by atoms with E-state index >= 15 is 0 Å². The fraction of sp³-hybridized carbons (Fsp3) is 0.538. The Morgan fingerprint density at radius 3 is 2.88 bits per heavy atom. The van der Waals surface area contributed by atoms with Gasteiger partial charge in [0.1, 0.15) is 0 Å². The van der Waals surface area contributed by atoms with Gasteiger partial charge in [0, 0.05) is 33.6 Å². The Hall–Kier alpha value is 0.170. The first kappa shape index (κ1) is 13.6. The molecular weight excluding hydrogens is 270 g/mol. The van der Waals surface area contributed by atoms with Gasteiger partial charge in [-0.25, -0.2) is 0 Å². The summed E-state index contributed by atoms with van der Waals surface area (Å²) >= 11 is 10.4. The molecule has 1 aromatic rings. The molecule has 2 unspecified atom stereocenters. The second kappa shape index (κ2) is 6.93. The van der Waals surface area contributed by atoms with Crippen LogP contribution in [0.15, 0.2) is 24.3 Å². The lowest BCUT2D eigenvalue weighted by molar-refractivity contribution is 0.557. The summed E-state index contributed by atoms with van der Waals surface area (Å²) < 4.78 is 0. The van der Waals surface area contributed by atoms with Crippen molar-refractivity contribution in [2.75, 3.05) is 24.3 Å². The summed E-state index contributed by atoms with van der Waals surface area (Å²) in [4.78, 5) is 0. The van der Waals surface area contributed by atoms with Crippen LogP contribution in [0.5, 0.6) is 0 Å². The Labute approximate surface area is 117 Å². The zero-order valence-corrected chi connectivity index (χ0v) is 12.4. The third-order valence-corrected chi connectivity index (χ3v) is 6.35. The molecule has 1 aliphatic rings. The van der Waals surface area contributed by atoms with Crippen LogP contribution >= 0.6 is 35.1 Å². The van der Waals surface area contributed by atoms with Gasteiger partial charge in [0.05, 0.1) is 0 Å². The second-order valence-electron chi connectivity index (χ2n) is 4.17. The summed E-state index contributed by atoms with van der Waals surface area (Å²) in [5.74, 6) is 3.82. The normalized spacial score (nSPS) is 22.4. The van der Waals surface area contributed by atoms with Gasteiger partial charge >= 0.3 is 0 Å². The number of thioether (sulfide) groups is 2. The third kappa shape index (κ3) is 3.82. The standard InChI is InChI=1S/C13H18ClNS2/c1-15-12(13-9-16-6-7-17-13)8-10-4-2-3-5-11(10)14/h2-5,12-13,15H,6-9H2,1H3. The van der Waals surface area contributed by atoms with Crippen LogP contribution < -0.4 is 5.32 Å². The molecule has 1 N–H and O–H groups in total. The van der Waals surface area contributed by atoms with Gasteiger partial charge in [0.15, 0.2) is 0 Å². The van der Waals surface area contributed by atoms with Crippen LogP contribution in [0.25, 0.3) is 0 Å². The number of rotatable bonds is 4. The Bertz CT molecular complexity index is 353. The fourth-order valence-corrected chi connectivity index (χ4v) is 5.20. The van der Waals surface area contributed by atoms with Crippen LogP contribution in [0, 0.1) is 0 Å². The number of hydrogen-bond donors (Lipinski definition) is 1. The molecule has 1 saturated heterocycles. The lowest BCUT2D eigenvalue weighted by Gasteiger charge is -2.29. The van der Waals surface area contributed by atoms with Crippen molar-refractivity contribution in [3.05, 3.63) is 34.9 Å². The SMILES string of the molecule is CNC(Cc1ccccc1Cl)C1CSCCS1. The Kier molecular flexibility index (Phi) is 5.54. The molecule has 1 aromatic carbocycles. The number of nitrogens with one attached hydrogen (secondary N) is 1. The van der Waals surface area contributed by atoms with Crippen LogP contribution in [-0.2, 0) is 6.42 Å². The van der Waals surface area contributed by atoms with Gasteiger partial charge in [-0.1, -0.05) is 29.8 Å². The maximum atomic E-state index is 6.22. The van der Waals surface area contributed by atoms with Crippen molar-refractivity contribution in [1.29, 1.82) is 0 Å². The maximum absolute atomic E-state index is 6.22. The van der Waals surface area contributed by atoms with Gasteiger partial charge in [0.25, 0.3) is 0 Å². The highest BCUT2D eigenvalue weighted by Crippen LogP contribution is 2.28. The van der Waals surface area contributed by atoms with Crippen LogP contribution in [-0.4, -0.2) is 35.6 Å². The Balaban J connectivity index is 2.01. The largest absolute Gasteiger partial charge is 0.316 e. The van der Waals surface area contributed by atoms with Crippen molar-refractivity contribution in [3.63, 3.8) is 0 Å². The topological polar surface area (TPSA) is 12.0 Å². The molecule has 1 nitrogen and oxygen atoms in total. The van der Waals surface area contributed by atoms with E-state index in [2.05, 4.69) is 48.0 Å². The highest BCUT2D eigenvalue weighted by atomic mass is 35.5. The van der Waals surface area contributed by atoms with E-state index in [9.17, 15) is 0 Å². The number of benzene rings is 1. The van der Waals surface area contributed by atoms with E-state index in [1.54, 1.807) is 0 Å². The monoisotopic (exact) mass is 287 g/mol. The van der Waals surface area contributed by atoms with Crippen LogP contribution in [0.3, 0.4) is 0 Å². The molecule has 1 aliphatic heterocycles. The molecule has 0 aliphatic carbocycles. The third-order valence-electron chi connectivity index (χ3n) is 3.06. The fourth-order valence-electron chi connectivity index (χ4n) is 2.06. The van der Waals surface area contributed by atoms with Gasteiger partial charge in [-0.3, -0.25) is 0 Å². The molecule has 0 spiro atoms. The van der Waals surface area contributed by atoms with Crippen molar-refractivity contribution in [3.8, 4) is 0 Å². The zero-order chi connectivity index (χ0) is 12.1. The molecule has 1 fully saturated rings. The number of hydrogen-bond acceptors (Lipinski definition) is 3. The van der Waals surface area contributed by atoms with E-state index in [1.807, 2.05) is 12.1 Å². The summed E-state index contributed by atoms with van der Waals surface area (Å²) in [6, 6.07) is 8.69. The van der Waals surface area contributed by atoms with E-state index in [0.717, 1.165) is 11.4 Å². The first-order valence-corrected chi connectivity index (χ1v) is 8.49. The Morgan fingerprint density at radius 1 is 1.41 bits per heavy atom.